The van der Waals surface area contributed by atoms with Crippen molar-refractivity contribution < 1.29 is 27.5 Å². The smallest absolute Gasteiger partial charge is 0.311 e. The maximum atomic E-state index is 13.6. The van der Waals surface area contributed by atoms with E-state index in [0.29, 0.717) is 11.1 Å². The van der Waals surface area contributed by atoms with E-state index in [2.05, 4.69) is 5.32 Å². The van der Waals surface area contributed by atoms with Crippen molar-refractivity contribution in [2.75, 3.05) is 5.32 Å². The molecule has 0 saturated carbocycles. The lowest BCUT2D eigenvalue weighted by Gasteiger charge is -2.14. The Bertz CT molecular complexity index is 1060. The molecule has 0 aliphatic rings. The molecule has 1 heterocycles. The highest BCUT2D eigenvalue weighted by Gasteiger charge is 2.21. The molecule has 146 valence electrons. The summed E-state index contributed by atoms with van der Waals surface area (Å²) in [4.78, 5) is 24.3. The number of halogens is 2. The molecule has 0 unspecified atom stereocenters. The summed E-state index contributed by atoms with van der Waals surface area (Å²) in [5, 5.41) is 3.01. The Kier molecular flexibility index (Phi) is 5.44. The first kappa shape index (κ1) is 19.5. The normalized spacial score (nSPS) is 12.0. The van der Waals surface area contributed by atoms with Gasteiger partial charge in [-0.1, -0.05) is 0 Å². The Balaban J connectivity index is 1.65. The van der Waals surface area contributed by atoms with Crippen LogP contribution in [0.25, 0.3) is 11.0 Å². The number of furan rings is 1. The van der Waals surface area contributed by atoms with E-state index in [0.717, 1.165) is 34.7 Å². The molecule has 28 heavy (non-hydrogen) atoms. The van der Waals surface area contributed by atoms with Gasteiger partial charge in [0.25, 0.3) is 5.91 Å². The average Bonchev–Trinajstić information content (AvgIpc) is 3.00. The van der Waals surface area contributed by atoms with Gasteiger partial charge in [-0.15, -0.1) is 0 Å². The molecule has 2 aromatic carbocycles. The van der Waals surface area contributed by atoms with E-state index in [1.165, 1.54) is 13.2 Å². The van der Waals surface area contributed by atoms with Gasteiger partial charge >= 0.3 is 5.97 Å². The Morgan fingerprint density at radius 3 is 2.61 bits per heavy atom. The number of carbonyl (C=O) groups excluding carboxylic acids is 2. The predicted molar refractivity (Wildman–Crippen MR) is 99.9 cm³/mol. The van der Waals surface area contributed by atoms with Crippen LogP contribution in [0.3, 0.4) is 0 Å². The highest BCUT2D eigenvalue weighted by molar-refractivity contribution is 5.95. The first-order valence-electron chi connectivity index (χ1n) is 8.67. The third-order valence-corrected chi connectivity index (χ3v) is 4.47. The maximum Gasteiger partial charge on any atom is 0.311 e. The molecule has 3 rings (SSSR count). The highest BCUT2D eigenvalue weighted by Crippen LogP contribution is 2.25. The summed E-state index contributed by atoms with van der Waals surface area (Å²) in [6, 6.07) is 6.51. The quantitative estimate of drug-likeness (QED) is 0.657. The van der Waals surface area contributed by atoms with Crippen LogP contribution >= 0.6 is 0 Å². The first-order valence-corrected chi connectivity index (χ1v) is 8.67. The molecular weight excluding hydrogens is 368 g/mol. The topological polar surface area (TPSA) is 68.5 Å². The van der Waals surface area contributed by atoms with Gasteiger partial charge < -0.3 is 14.5 Å². The van der Waals surface area contributed by atoms with Gasteiger partial charge in [0, 0.05) is 17.0 Å². The second kappa shape index (κ2) is 7.80. The Morgan fingerprint density at radius 1 is 1.14 bits per heavy atom. The number of rotatable bonds is 5. The molecule has 3 aromatic rings. The van der Waals surface area contributed by atoms with Crippen LogP contribution in [0.2, 0.25) is 0 Å². The monoisotopic (exact) mass is 387 g/mol. The lowest BCUT2D eigenvalue weighted by molar-refractivity contribution is -0.152. The van der Waals surface area contributed by atoms with Crippen molar-refractivity contribution in [3.63, 3.8) is 0 Å². The summed E-state index contributed by atoms with van der Waals surface area (Å²) in [6.07, 6.45) is 0.219. The summed E-state index contributed by atoms with van der Waals surface area (Å²) in [6.45, 7) is 5.28. The molecule has 0 aliphatic heterocycles. The van der Waals surface area contributed by atoms with Crippen molar-refractivity contribution in [1.82, 2.24) is 0 Å². The molecule has 0 fully saturated rings. The molecule has 1 N–H and O–H groups in total. The van der Waals surface area contributed by atoms with E-state index >= 15 is 0 Å². The number of carbonyl (C=O) groups is 2. The van der Waals surface area contributed by atoms with Gasteiger partial charge in [0.05, 0.1) is 18.4 Å². The molecule has 1 amide bonds. The van der Waals surface area contributed by atoms with Crippen molar-refractivity contribution in [1.29, 1.82) is 0 Å². The van der Waals surface area contributed by atoms with Crippen molar-refractivity contribution in [2.45, 2.75) is 33.3 Å². The molecule has 0 saturated heterocycles. The summed E-state index contributed by atoms with van der Waals surface area (Å²) < 4.78 is 37.4. The number of ether oxygens (including phenoxy) is 1. The molecule has 1 atom stereocenters. The molecule has 1 aromatic heterocycles. The maximum absolute atomic E-state index is 13.6. The van der Waals surface area contributed by atoms with Crippen LogP contribution in [-0.4, -0.2) is 18.0 Å². The van der Waals surface area contributed by atoms with Crippen molar-refractivity contribution in [2.24, 2.45) is 0 Å². The van der Waals surface area contributed by atoms with Crippen LogP contribution in [0.5, 0.6) is 0 Å². The standard InChI is InChI=1S/C21H19F2NO4/c1-11-6-16-14(10-27-19(16)7-12(11)2)8-20(25)28-13(3)21(26)24-18-9-15(22)4-5-17(18)23/h4-7,9-10,13H,8H2,1-3H3,(H,24,26)/t13-/m0/s1. The van der Waals surface area contributed by atoms with Crippen LogP contribution in [-0.2, 0) is 20.7 Å². The fourth-order valence-corrected chi connectivity index (χ4v) is 2.75. The summed E-state index contributed by atoms with van der Waals surface area (Å²) in [5.74, 6) is -2.88. The molecule has 0 bridgehead atoms. The first-order chi connectivity index (χ1) is 13.2. The third kappa shape index (κ3) is 4.19. The van der Waals surface area contributed by atoms with E-state index in [-0.39, 0.29) is 12.1 Å². The van der Waals surface area contributed by atoms with Gasteiger partial charge in [-0.05, 0) is 56.2 Å². The van der Waals surface area contributed by atoms with Gasteiger partial charge in [-0.25, -0.2) is 8.78 Å². The fraction of sp³-hybridized carbons (Fsp3) is 0.238. The average molecular weight is 387 g/mol. The van der Waals surface area contributed by atoms with E-state index in [4.69, 9.17) is 9.15 Å². The number of aryl methyl sites for hydroxylation is 2. The van der Waals surface area contributed by atoms with Crippen LogP contribution in [0.1, 0.15) is 23.6 Å². The molecule has 5 nitrogen and oxygen atoms in total. The molecule has 7 heteroatoms. The second-order valence-electron chi connectivity index (χ2n) is 6.62. The number of amides is 1. The molecule has 0 radical (unpaired) electrons. The predicted octanol–water partition coefficient (Wildman–Crippen LogP) is 4.44. The highest BCUT2D eigenvalue weighted by atomic mass is 19.1. The number of nitrogens with one attached hydrogen (secondary N) is 1. The molecule has 0 spiro atoms. The fourth-order valence-electron chi connectivity index (χ4n) is 2.75. The zero-order chi connectivity index (χ0) is 20.4. The van der Waals surface area contributed by atoms with Gasteiger partial charge in [0.15, 0.2) is 6.10 Å². The Hall–Kier alpha value is -3.22. The van der Waals surface area contributed by atoms with Gasteiger partial charge in [-0.2, -0.15) is 0 Å². The van der Waals surface area contributed by atoms with Gasteiger partial charge in [-0.3, -0.25) is 9.59 Å². The van der Waals surface area contributed by atoms with E-state index in [1.54, 1.807) is 0 Å². The van der Waals surface area contributed by atoms with Crippen molar-refractivity contribution >= 4 is 28.5 Å². The van der Waals surface area contributed by atoms with Crippen LogP contribution in [0.4, 0.5) is 14.5 Å². The van der Waals surface area contributed by atoms with Gasteiger partial charge in [0.1, 0.15) is 17.2 Å². The van der Waals surface area contributed by atoms with E-state index in [1.807, 2.05) is 26.0 Å². The van der Waals surface area contributed by atoms with Crippen LogP contribution in [0, 0.1) is 25.5 Å². The number of fused-ring (bicyclic) bond motifs is 1. The Labute approximate surface area is 160 Å². The summed E-state index contributed by atoms with van der Waals surface area (Å²) >= 11 is 0. The van der Waals surface area contributed by atoms with Crippen molar-refractivity contribution in [3.05, 3.63) is 64.9 Å². The van der Waals surface area contributed by atoms with E-state index < -0.39 is 29.6 Å². The zero-order valence-electron chi connectivity index (χ0n) is 15.6. The van der Waals surface area contributed by atoms with Crippen molar-refractivity contribution in [3.8, 4) is 0 Å². The van der Waals surface area contributed by atoms with E-state index in [9.17, 15) is 18.4 Å². The number of benzene rings is 2. The summed E-state index contributed by atoms with van der Waals surface area (Å²) in [5.41, 5.74) is 3.13. The van der Waals surface area contributed by atoms with Crippen LogP contribution in [0.15, 0.2) is 41.0 Å². The number of hydrogen-bond donors (Lipinski definition) is 1. The Morgan fingerprint density at radius 2 is 1.86 bits per heavy atom. The lowest BCUT2D eigenvalue weighted by Crippen LogP contribution is -2.30. The third-order valence-electron chi connectivity index (χ3n) is 4.47. The number of anilines is 1. The van der Waals surface area contributed by atoms with Crippen LogP contribution < -0.4 is 5.32 Å². The number of hydrogen-bond acceptors (Lipinski definition) is 4. The minimum atomic E-state index is -1.18. The minimum absolute atomic E-state index is 0.0819. The minimum Gasteiger partial charge on any atom is -0.464 e. The summed E-state index contributed by atoms with van der Waals surface area (Å²) in [7, 11) is 0. The molecular formula is C21H19F2NO4. The second-order valence-corrected chi connectivity index (χ2v) is 6.62. The lowest BCUT2D eigenvalue weighted by atomic mass is 10.0. The van der Waals surface area contributed by atoms with Gasteiger partial charge in [0.2, 0.25) is 0 Å². The zero-order valence-corrected chi connectivity index (χ0v) is 15.6. The number of esters is 1. The SMILES string of the molecule is Cc1cc2occ(CC(=O)O[C@@H](C)C(=O)Nc3cc(F)ccc3F)c2cc1C. The largest absolute Gasteiger partial charge is 0.464 e. The molecule has 0 aliphatic carbocycles.